The third kappa shape index (κ3) is 3.07. The van der Waals surface area contributed by atoms with Crippen LogP contribution in [-0.2, 0) is 9.59 Å². The Bertz CT molecular complexity index is 1370. The number of halogens is 1. The van der Waals surface area contributed by atoms with Gasteiger partial charge in [-0.1, -0.05) is 41.9 Å². The van der Waals surface area contributed by atoms with Gasteiger partial charge in [0.1, 0.15) is 11.8 Å². The molecule has 0 radical (unpaired) electrons. The smallest absolute Gasteiger partial charge is 0.300 e. The number of benzene rings is 2. The van der Waals surface area contributed by atoms with Crippen LogP contribution in [0.3, 0.4) is 0 Å². The van der Waals surface area contributed by atoms with Crippen molar-refractivity contribution in [1.82, 2.24) is 4.98 Å². The maximum Gasteiger partial charge on any atom is 0.300 e. The number of hydrogen-bond acceptors (Lipinski definition) is 4. The van der Waals surface area contributed by atoms with Gasteiger partial charge in [0, 0.05) is 38.3 Å². The molecule has 1 amide bonds. The van der Waals surface area contributed by atoms with Crippen LogP contribution in [0.1, 0.15) is 22.0 Å². The summed E-state index contributed by atoms with van der Waals surface area (Å²) in [6.45, 7) is 1.86. The van der Waals surface area contributed by atoms with Crippen LogP contribution in [0.25, 0.3) is 16.7 Å². The summed E-state index contributed by atoms with van der Waals surface area (Å²) in [6.07, 6.45) is 1.66. The Labute approximate surface area is 187 Å². The first-order chi connectivity index (χ1) is 15.0. The van der Waals surface area contributed by atoms with Gasteiger partial charge in [0.2, 0.25) is 0 Å². The number of H-pyrrole nitrogens is 1. The number of nitrogens with one attached hydrogen (secondary N) is 1. The largest absolute Gasteiger partial charge is 0.507 e. The molecule has 0 spiro atoms. The van der Waals surface area contributed by atoms with Gasteiger partial charge in [-0.05, 0) is 42.1 Å². The molecule has 7 heteroatoms. The molecule has 3 heterocycles. The summed E-state index contributed by atoms with van der Waals surface area (Å²) >= 11 is 7.63. The van der Waals surface area contributed by atoms with Crippen molar-refractivity contribution in [3.05, 3.63) is 92.8 Å². The SMILES string of the molecule is Cc1ccc(Cl)cc1N1C(=O)C(=O)/C(=C(\O)c2c[nH]c3ccccc23)C1c1cccs1. The summed E-state index contributed by atoms with van der Waals surface area (Å²) in [5.41, 5.74) is 2.73. The number of ketones is 1. The third-order valence-corrected chi connectivity index (χ3v) is 6.69. The van der Waals surface area contributed by atoms with Crippen LogP contribution >= 0.6 is 22.9 Å². The number of amides is 1. The van der Waals surface area contributed by atoms with E-state index in [1.165, 1.54) is 16.2 Å². The third-order valence-electron chi connectivity index (χ3n) is 5.53. The van der Waals surface area contributed by atoms with Crippen molar-refractivity contribution in [3.8, 4) is 0 Å². The molecular formula is C24H17ClN2O3S. The minimum atomic E-state index is -0.745. The molecule has 2 N–H and O–H groups in total. The lowest BCUT2D eigenvalue weighted by atomic mass is 9.99. The van der Waals surface area contributed by atoms with Crippen LogP contribution in [0.15, 0.2) is 71.7 Å². The number of carbonyl (C=O) groups is 2. The highest BCUT2D eigenvalue weighted by molar-refractivity contribution is 7.10. The number of Topliss-reactive ketones (excluding diaryl/α,β-unsaturated/α-hetero) is 1. The van der Waals surface area contributed by atoms with E-state index in [1.807, 2.05) is 54.8 Å². The van der Waals surface area contributed by atoms with Gasteiger partial charge in [-0.2, -0.15) is 0 Å². The topological polar surface area (TPSA) is 73.4 Å². The molecule has 1 fully saturated rings. The highest BCUT2D eigenvalue weighted by atomic mass is 35.5. The summed E-state index contributed by atoms with van der Waals surface area (Å²) in [5, 5.41) is 14.4. The molecule has 0 bridgehead atoms. The standard InChI is InChI=1S/C24H17ClN2O3S/c1-13-8-9-14(25)11-18(13)27-21(19-7-4-10-31-19)20(23(29)24(27)30)22(28)16-12-26-17-6-3-2-5-15(16)17/h2-12,21,26,28H,1H3/b22-20-. The van der Waals surface area contributed by atoms with Crippen LogP contribution in [-0.4, -0.2) is 21.8 Å². The van der Waals surface area contributed by atoms with E-state index in [9.17, 15) is 14.7 Å². The van der Waals surface area contributed by atoms with Gasteiger partial charge in [0.15, 0.2) is 0 Å². The Morgan fingerprint density at radius 3 is 2.71 bits per heavy atom. The molecule has 2 aromatic heterocycles. The van der Waals surface area contributed by atoms with Crippen molar-refractivity contribution >= 4 is 57.0 Å². The molecule has 1 aliphatic heterocycles. The molecule has 1 atom stereocenters. The number of aromatic nitrogens is 1. The Hall–Kier alpha value is -3.35. The van der Waals surface area contributed by atoms with Gasteiger partial charge in [-0.3, -0.25) is 14.5 Å². The quantitative estimate of drug-likeness (QED) is 0.236. The molecule has 4 aromatic rings. The Morgan fingerprint density at radius 1 is 1.13 bits per heavy atom. The van der Waals surface area contributed by atoms with Gasteiger partial charge in [-0.25, -0.2) is 0 Å². The molecule has 0 saturated carbocycles. The summed E-state index contributed by atoms with van der Waals surface area (Å²) in [4.78, 5) is 31.8. The van der Waals surface area contributed by atoms with Gasteiger partial charge >= 0.3 is 0 Å². The second kappa shape index (κ2) is 7.41. The number of para-hydroxylation sites is 1. The highest BCUT2D eigenvalue weighted by Gasteiger charge is 2.48. The lowest BCUT2D eigenvalue weighted by molar-refractivity contribution is -0.132. The summed E-state index contributed by atoms with van der Waals surface area (Å²) in [6, 6.07) is 15.7. The number of carbonyl (C=O) groups excluding carboxylic acids is 2. The highest BCUT2D eigenvalue weighted by Crippen LogP contribution is 2.45. The number of rotatable bonds is 3. The van der Waals surface area contributed by atoms with E-state index < -0.39 is 17.7 Å². The van der Waals surface area contributed by atoms with Crippen molar-refractivity contribution in [1.29, 1.82) is 0 Å². The monoisotopic (exact) mass is 448 g/mol. The lowest BCUT2D eigenvalue weighted by Crippen LogP contribution is -2.29. The summed E-state index contributed by atoms with van der Waals surface area (Å²) in [5.74, 6) is -1.61. The van der Waals surface area contributed by atoms with Gasteiger partial charge in [-0.15, -0.1) is 11.3 Å². The van der Waals surface area contributed by atoms with E-state index in [4.69, 9.17) is 11.6 Å². The molecule has 2 aromatic carbocycles. The zero-order chi connectivity index (χ0) is 21.7. The molecule has 1 saturated heterocycles. The minimum absolute atomic E-state index is 0.0663. The average molecular weight is 449 g/mol. The first-order valence-corrected chi connectivity index (χ1v) is 10.9. The lowest BCUT2D eigenvalue weighted by Gasteiger charge is -2.25. The Balaban J connectivity index is 1.77. The number of aliphatic hydroxyl groups is 1. The van der Waals surface area contributed by atoms with Crippen LogP contribution in [0, 0.1) is 6.92 Å². The molecule has 5 rings (SSSR count). The average Bonchev–Trinajstić information content (AvgIpc) is 3.49. The molecule has 154 valence electrons. The predicted molar refractivity (Wildman–Crippen MR) is 124 cm³/mol. The zero-order valence-electron chi connectivity index (χ0n) is 16.4. The number of anilines is 1. The van der Waals surface area contributed by atoms with Crippen LogP contribution in [0.5, 0.6) is 0 Å². The number of aromatic amines is 1. The Morgan fingerprint density at radius 2 is 1.94 bits per heavy atom. The van der Waals surface area contributed by atoms with Crippen LogP contribution in [0.2, 0.25) is 5.02 Å². The fourth-order valence-electron chi connectivity index (χ4n) is 4.05. The minimum Gasteiger partial charge on any atom is -0.507 e. The van der Waals surface area contributed by atoms with Crippen molar-refractivity contribution in [2.24, 2.45) is 0 Å². The molecular weight excluding hydrogens is 432 g/mol. The fraction of sp³-hybridized carbons (Fsp3) is 0.0833. The van der Waals surface area contributed by atoms with E-state index in [0.717, 1.165) is 21.3 Å². The maximum absolute atomic E-state index is 13.2. The summed E-state index contributed by atoms with van der Waals surface area (Å²) < 4.78 is 0. The van der Waals surface area contributed by atoms with Crippen molar-refractivity contribution in [2.75, 3.05) is 4.90 Å². The second-order valence-corrected chi connectivity index (χ2v) is 8.78. The molecule has 5 nitrogen and oxygen atoms in total. The molecule has 0 aliphatic carbocycles. The maximum atomic E-state index is 13.2. The van der Waals surface area contributed by atoms with Crippen LogP contribution in [0.4, 0.5) is 5.69 Å². The predicted octanol–water partition coefficient (Wildman–Crippen LogP) is 5.82. The number of fused-ring (bicyclic) bond motifs is 1. The van der Waals surface area contributed by atoms with Crippen molar-refractivity contribution < 1.29 is 14.7 Å². The number of nitrogens with zero attached hydrogens (tertiary/aromatic N) is 1. The Kier molecular flexibility index (Phi) is 4.68. The summed E-state index contributed by atoms with van der Waals surface area (Å²) in [7, 11) is 0. The number of aliphatic hydroxyl groups excluding tert-OH is 1. The number of thiophene rings is 1. The molecule has 1 unspecified atom stereocenters. The van der Waals surface area contributed by atoms with Crippen molar-refractivity contribution in [2.45, 2.75) is 13.0 Å². The van der Waals surface area contributed by atoms with E-state index in [1.54, 1.807) is 18.3 Å². The van der Waals surface area contributed by atoms with Gasteiger partial charge in [0.25, 0.3) is 11.7 Å². The van der Waals surface area contributed by atoms with E-state index in [-0.39, 0.29) is 11.3 Å². The fourth-order valence-corrected chi connectivity index (χ4v) is 5.04. The molecule has 31 heavy (non-hydrogen) atoms. The van der Waals surface area contributed by atoms with E-state index in [0.29, 0.717) is 16.3 Å². The van der Waals surface area contributed by atoms with Crippen molar-refractivity contribution in [3.63, 3.8) is 0 Å². The zero-order valence-corrected chi connectivity index (χ0v) is 18.0. The van der Waals surface area contributed by atoms with Crippen LogP contribution < -0.4 is 4.90 Å². The normalized spacial score (nSPS) is 18.3. The first-order valence-electron chi connectivity index (χ1n) is 9.64. The first kappa shape index (κ1) is 19.6. The van der Waals surface area contributed by atoms with E-state index in [2.05, 4.69) is 4.98 Å². The van der Waals surface area contributed by atoms with Gasteiger partial charge < -0.3 is 10.1 Å². The molecule has 1 aliphatic rings. The number of hydrogen-bond donors (Lipinski definition) is 2. The van der Waals surface area contributed by atoms with Gasteiger partial charge in [0.05, 0.1) is 5.57 Å². The second-order valence-electron chi connectivity index (χ2n) is 7.36. The van der Waals surface area contributed by atoms with E-state index >= 15 is 0 Å². The number of aryl methyl sites for hydroxylation is 1.